The van der Waals surface area contributed by atoms with Crippen molar-refractivity contribution in [1.29, 1.82) is 0 Å². The van der Waals surface area contributed by atoms with E-state index < -0.39 is 11.9 Å². The summed E-state index contributed by atoms with van der Waals surface area (Å²) in [5.74, 6) is -0.764. The van der Waals surface area contributed by atoms with Gasteiger partial charge >= 0.3 is 5.97 Å². The van der Waals surface area contributed by atoms with Crippen molar-refractivity contribution < 1.29 is 14.3 Å². The van der Waals surface area contributed by atoms with Crippen LogP contribution in [0.2, 0.25) is 0 Å². The molecule has 2 aromatic rings. The number of benzene rings is 2. The molecule has 0 fully saturated rings. The largest absolute Gasteiger partial charge is 0.466 e. The number of hydrogen-bond donors (Lipinski definition) is 1. The van der Waals surface area contributed by atoms with Gasteiger partial charge in [0.05, 0.1) is 6.61 Å². The third-order valence-electron chi connectivity index (χ3n) is 3.32. The lowest BCUT2D eigenvalue weighted by Gasteiger charge is -2.06. The lowest BCUT2D eigenvalue weighted by atomic mass is 10.0. The molecule has 0 atom stereocenters. The van der Waals surface area contributed by atoms with E-state index in [4.69, 9.17) is 4.74 Å². The van der Waals surface area contributed by atoms with E-state index in [1.54, 1.807) is 13.8 Å². The normalized spacial score (nSPS) is 10.8. The van der Waals surface area contributed by atoms with Gasteiger partial charge in [-0.25, -0.2) is 0 Å². The zero-order valence-electron chi connectivity index (χ0n) is 14.8. The SMILES string of the molecule is CCOC(=O)CC(=O)N/C(C)=N\N=C(c1ccccc1)c1ccccc1. The van der Waals surface area contributed by atoms with Crippen LogP contribution in [-0.4, -0.2) is 30.0 Å². The first-order chi connectivity index (χ1) is 12.6. The summed E-state index contributed by atoms with van der Waals surface area (Å²) in [6.45, 7) is 3.53. The number of carbonyl (C=O) groups is 2. The Morgan fingerprint density at radius 2 is 1.46 bits per heavy atom. The van der Waals surface area contributed by atoms with Crippen molar-refractivity contribution in [2.24, 2.45) is 10.2 Å². The van der Waals surface area contributed by atoms with Crippen molar-refractivity contribution in [2.45, 2.75) is 20.3 Å². The van der Waals surface area contributed by atoms with Gasteiger partial charge in [-0.3, -0.25) is 9.59 Å². The molecule has 0 aromatic heterocycles. The zero-order chi connectivity index (χ0) is 18.8. The van der Waals surface area contributed by atoms with Crippen LogP contribution in [-0.2, 0) is 14.3 Å². The lowest BCUT2D eigenvalue weighted by molar-refractivity contribution is -0.145. The summed E-state index contributed by atoms with van der Waals surface area (Å²) >= 11 is 0. The van der Waals surface area contributed by atoms with E-state index in [1.165, 1.54) is 0 Å². The fourth-order valence-corrected chi connectivity index (χ4v) is 2.21. The summed E-state index contributed by atoms with van der Waals surface area (Å²) in [4.78, 5) is 23.1. The Hall–Kier alpha value is -3.28. The Kier molecular flexibility index (Phi) is 7.24. The van der Waals surface area contributed by atoms with Crippen LogP contribution in [0.4, 0.5) is 0 Å². The van der Waals surface area contributed by atoms with Gasteiger partial charge in [-0.2, -0.15) is 0 Å². The highest BCUT2D eigenvalue weighted by Crippen LogP contribution is 2.11. The maximum atomic E-state index is 11.8. The highest BCUT2D eigenvalue weighted by Gasteiger charge is 2.11. The Morgan fingerprint density at radius 3 is 1.96 bits per heavy atom. The van der Waals surface area contributed by atoms with Gasteiger partial charge in [0.15, 0.2) is 0 Å². The van der Waals surface area contributed by atoms with Gasteiger partial charge in [0.1, 0.15) is 18.0 Å². The standard InChI is InChI=1S/C20H21N3O3/c1-3-26-19(25)14-18(24)21-15(2)22-23-20(16-10-6-4-7-11-16)17-12-8-5-9-13-17/h4-13H,3,14H2,1-2H3,(H,21,22,24). The quantitative estimate of drug-likeness (QED) is 0.286. The molecule has 1 N–H and O–H groups in total. The van der Waals surface area contributed by atoms with E-state index >= 15 is 0 Å². The van der Waals surface area contributed by atoms with Gasteiger partial charge in [0.2, 0.25) is 5.91 Å². The predicted molar refractivity (Wildman–Crippen MR) is 101 cm³/mol. The third-order valence-corrected chi connectivity index (χ3v) is 3.32. The fourth-order valence-electron chi connectivity index (χ4n) is 2.21. The smallest absolute Gasteiger partial charge is 0.315 e. The molecular weight excluding hydrogens is 330 g/mol. The Labute approximate surface area is 152 Å². The molecule has 0 heterocycles. The molecule has 0 spiro atoms. The van der Waals surface area contributed by atoms with E-state index in [2.05, 4.69) is 15.5 Å². The minimum absolute atomic E-state index is 0.237. The monoisotopic (exact) mass is 351 g/mol. The van der Waals surface area contributed by atoms with Gasteiger partial charge in [-0.05, 0) is 13.8 Å². The summed E-state index contributed by atoms with van der Waals surface area (Å²) in [5.41, 5.74) is 2.51. The van der Waals surface area contributed by atoms with Crippen molar-refractivity contribution in [1.82, 2.24) is 5.32 Å². The molecular formula is C20H21N3O3. The average molecular weight is 351 g/mol. The van der Waals surface area contributed by atoms with Crippen LogP contribution < -0.4 is 5.32 Å². The average Bonchev–Trinajstić information content (AvgIpc) is 2.63. The number of rotatable bonds is 6. The molecule has 1 amide bonds. The van der Waals surface area contributed by atoms with Gasteiger partial charge in [0.25, 0.3) is 0 Å². The molecule has 0 aliphatic rings. The predicted octanol–water partition coefficient (Wildman–Crippen LogP) is 2.93. The number of ether oxygens (including phenoxy) is 1. The first kappa shape index (κ1) is 19.1. The number of amides is 1. The minimum Gasteiger partial charge on any atom is -0.466 e. The molecule has 26 heavy (non-hydrogen) atoms. The van der Waals surface area contributed by atoms with E-state index in [1.807, 2.05) is 60.7 Å². The second kappa shape index (κ2) is 9.88. The molecule has 0 bridgehead atoms. The summed E-state index contributed by atoms with van der Waals surface area (Å²) in [5, 5.41) is 10.9. The second-order valence-electron chi connectivity index (χ2n) is 5.40. The number of nitrogens with zero attached hydrogens (tertiary/aromatic N) is 2. The van der Waals surface area contributed by atoms with Gasteiger partial charge in [0, 0.05) is 11.1 Å². The number of nitrogens with one attached hydrogen (secondary N) is 1. The van der Waals surface area contributed by atoms with Crippen LogP contribution in [0.15, 0.2) is 70.9 Å². The maximum Gasteiger partial charge on any atom is 0.315 e. The van der Waals surface area contributed by atoms with Crippen LogP contribution in [0, 0.1) is 0 Å². The fraction of sp³-hybridized carbons (Fsp3) is 0.200. The molecule has 6 heteroatoms. The van der Waals surface area contributed by atoms with Crippen molar-refractivity contribution in [3.05, 3.63) is 71.8 Å². The third kappa shape index (κ3) is 5.98. The first-order valence-corrected chi connectivity index (χ1v) is 8.28. The van der Waals surface area contributed by atoms with Gasteiger partial charge in [-0.1, -0.05) is 60.7 Å². The molecule has 0 saturated heterocycles. The van der Waals surface area contributed by atoms with Gasteiger partial charge < -0.3 is 10.1 Å². The maximum absolute atomic E-state index is 11.8. The van der Waals surface area contributed by atoms with E-state index in [0.29, 0.717) is 11.5 Å². The number of amidine groups is 1. The minimum atomic E-state index is -0.574. The Balaban J connectivity index is 2.17. The second-order valence-corrected chi connectivity index (χ2v) is 5.40. The molecule has 2 aromatic carbocycles. The topological polar surface area (TPSA) is 80.1 Å². The van der Waals surface area contributed by atoms with Crippen molar-refractivity contribution in [3.63, 3.8) is 0 Å². The van der Waals surface area contributed by atoms with Crippen LogP contribution in [0.25, 0.3) is 0 Å². The molecule has 0 aliphatic heterocycles. The van der Waals surface area contributed by atoms with E-state index in [0.717, 1.165) is 11.1 Å². The number of carbonyl (C=O) groups excluding carboxylic acids is 2. The highest BCUT2D eigenvalue weighted by atomic mass is 16.5. The lowest BCUT2D eigenvalue weighted by Crippen LogP contribution is -2.30. The number of hydrogen-bond acceptors (Lipinski definition) is 5. The summed E-state index contributed by atoms with van der Waals surface area (Å²) in [7, 11) is 0. The molecule has 0 radical (unpaired) electrons. The van der Waals surface area contributed by atoms with Crippen molar-refractivity contribution in [3.8, 4) is 0 Å². The van der Waals surface area contributed by atoms with Crippen LogP contribution >= 0.6 is 0 Å². The summed E-state index contributed by atoms with van der Waals surface area (Å²) < 4.78 is 4.74. The molecule has 0 saturated carbocycles. The molecule has 0 unspecified atom stereocenters. The van der Waals surface area contributed by atoms with Crippen LogP contribution in [0.3, 0.4) is 0 Å². The van der Waals surface area contributed by atoms with Crippen LogP contribution in [0.1, 0.15) is 31.4 Å². The van der Waals surface area contributed by atoms with Crippen LogP contribution in [0.5, 0.6) is 0 Å². The highest BCUT2D eigenvalue weighted by molar-refractivity contribution is 6.13. The first-order valence-electron chi connectivity index (χ1n) is 8.28. The van der Waals surface area contributed by atoms with Crippen molar-refractivity contribution in [2.75, 3.05) is 6.61 Å². The molecule has 134 valence electrons. The summed E-state index contributed by atoms with van der Waals surface area (Å²) in [6, 6.07) is 19.3. The Morgan fingerprint density at radius 1 is 0.923 bits per heavy atom. The van der Waals surface area contributed by atoms with E-state index in [9.17, 15) is 9.59 Å². The molecule has 6 nitrogen and oxygen atoms in total. The summed E-state index contributed by atoms with van der Waals surface area (Å²) in [6.07, 6.45) is -0.353. The van der Waals surface area contributed by atoms with E-state index in [-0.39, 0.29) is 13.0 Å². The van der Waals surface area contributed by atoms with Crippen molar-refractivity contribution >= 4 is 23.4 Å². The Bertz CT molecular complexity index is 758. The molecule has 2 rings (SSSR count). The van der Waals surface area contributed by atoms with Gasteiger partial charge in [-0.15, -0.1) is 10.2 Å². The number of esters is 1. The zero-order valence-corrected chi connectivity index (χ0v) is 14.8. The molecule has 0 aliphatic carbocycles.